The molecule has 0 aliphatic carbocycles. The summed E-state index contributed by atoms with van der Waals surface area (Å²) in [6.07, 6.45) is 3.84. The third-order valence-corrected chi connectivity index (χ3v) is 2.45. The Morgan fingerprint density at radius 3 is 2.93 bits per heavy atom. The average Bonchev–Trinajstić information content (AvgIpc) is 2.65. The largest absolute Gasteiger partial charge is 0.316 e. The molecule has 0 saturated carbocycles. The van der Waals surface area contributed by atoms with Gasteiger partial charge in [0.15, 0.2) is 0 Å². The summed E-state index contributed by atoms with van der Waals surface area (Å²) in [5, 5.41) is 7.60. The van der Waals surface area contributed by atoms with Crippen LogP contribution in [0.5, 0.6) is 0 Å². The van der Waals surface area contributed by atoms with Gasteiger partial charge >= 0.3 is 0 Å². The maximum Gasteiger partial charge on any atom is 0.138 e. The molecule has 1 N–H and O–H groups in total. The number of nitrogens with one attached hydrogen (secondary N) is 1. The predicted molar refractivity (Wildman–Crippen MR) is 61.7 cm³/mol. The summed E-state index contributed by atoms with van der Waals surface area (Å²) in [6, 6.07) is 0. The molecule has 1 aromatic heterocycles. The lowest BCUT2D eigenvalue weighted by atomic mass is 10.1. The van der Waals surface area contributed by atoms with Gasteiger partial charge in [0.25, 0.3) is 0 Å². The maximum atomic E-state index is 4.28. The van der Waals surface area contributed by atoms with Crippen molar-refractivity contribution < 1.29 is 0 Å². The Morgan fingerprint density at radius 2 is 2.27 bits per heavy atom. The first kappa shape index (κ1) is 12.2. The molecule has 1 unspecified atom stereocenters. The van der Waals surface area contributed by atoms with Gasteiger partial charge in [0.1, 0.15) is 12.2 Å². The summed E-state index contributed by atoms with van der Waals surface area (Å²) in [7, 11) is 0. The van der Waals surface area contributed by atoms with Crippen molar-refractivity contribution in [1.29, 1.82) is 0 Å². The van der Waals surface area contributed by atoms with Crippen molar-refractivity contribution in [2.75, 3.05) is 13.1 Å². The van der Waals surface area contributed by atoms with Gasteiger partial charge in [-0.25, -0.2) is 4.98 Å². The predicted octanol–water partition coefficient (Wildman–Crippen LogP) is 1.48. The van der Waals surface area contributed by atoms with Crippen LogP contribution in [0.15, 0.2) is 6.33 Å². The molecule has 0 aliphatic heterocycles. The fourth-order valence-corrected chi connectivity index (χ4v) is 1.62. The van der Waals surface area contributed by atoms with Crippen LogP contribution in [0.2, 0.25) is 0 Å². The summed E-state index contributed by atoms with van der Waals surface area (Å²) in [5.74, 6) is 1.72. The van der Waals surface area contributed by atoms with Crippen molar-refractivity contribution in [2.24, 2.45) is 5.92 Å². The van der Waals surface area contributed by atoms with E-state index < -0.39 is 0 Å². The minimum Gasteiger partial charge on any atom is -0.316 e. The van der Waals surface area contributed by atoms with Gasteiger partial charge in [0, 0.05) is 13.0 Å². The highest BCUT2D eigenvalue weighted by atomic mass is 15.3. The normalized spacial score (nSPS) is 13.0. The van der Waals surface area contributed by atoms with Gasteiger partial charge in [-0.3, -0.25) is 4.68 Å². The number of rotatable bonds is 7. The van der Waals surface area contributed by atoms with Gasteiger partial charge in [-0.15, -0.1) is 0 Å². The molecule has 0 bridgehead atoms. The van der Waals surface area contributed by atoms with Crippen molar-refractivity contribution in [1.82, 2.24) is 20.1 Å². The molecule has 0 fully saturated rings. The van der Waals surface area contributed by atoms with Crippen molar-refractivity contribution in [3.05, 3.63) is 12.2 Å². The lowest BCUT2D eigenvalue weighted by molar-refractivity contribution is 0.481. The Hall–Kier alpha value is -0.900. The van der Waals surface area contributed by atoms with E-state index in [4.69, 9.17) is 0 Å². The summed E-state index contributed by atoms with van der Waals surface area (Å²) in [5.41, 5.74) is 0. The molecule has 0 amide bonds. The maximum absolute atomic E-state index is 4.28. The summed E-state index contributed by atoms with van der Waals surface area (Å²) in [4.78, 5) is 4.28. The zero-order chi connectivity index (χ0) is 11.1. The van der Waals surface area contributed by atoms with E-state index in [0.717, 1.165) is 31.9 Å². The molecule has 1 aromatic rings. The van der Waals surface area contributed by atoms with Gasteiger partial charge in [0.2, 0.25) is 0 Å². The fourth-order valence-electron chi connectivity index (χ4n) is 1.62. The molecule has 4 nitrogen and oxygen atoms in total. The molecule has 1 atom stereocenters. The topological polar surface area (TPSA) is 42.7 Å². The van der Waals surface area contributed by atoms with E-state index in [1.807, 2.05) is 4.68 Å². The van der Waals surface area contributed by atoms with Crippen LogP contribution in [0.1, 0.15) is 33.0 Å². The number of aromatic nitrogens is 3. The lowest BCUT2D eigenvalue weighted by Crippen LogP contribution is -2.24. The van der Waals surface area contributed by atoms with Crippen LogP contribution < -0.4 is 5.32 Å². The van der Waals surface area contributed by atoms with E-state index in [0.29, 0.717) is 5.92 Å². The first-order valence-electron chi connectivity index (χ1n) is 5.85. The molecule has 0 aromatic carbocycles. The SMILES string of the molecule is CCCNCC(C)Cc1ncnn1CC. The smallest absolute Gasteiger partial charge is 0.138 e. The third kappa shape index (κ3) is 4.00. The van der Waals surface area contributed by atoms with Gasteiger partial charge in [-0.2, -0.15) is 5.10 Å². The van der Waals surface area contributed by atoms with Crippen molar-refractivity contribution in [3.63, 3.8) is 0 Å². The van der Waals surface area contributed by atoms with Gasteiger partial charge in [-0.1, -0.05) is 13.8 Å². The molecule has 0 aliphatic rings. The number of hydrogen-bond donors (Lipinski definition) is 1. The van der Waals surface area contributed by atoms with E-state index in [1.54, 1.807) is 6.33 Å². The second-order valence-electron chi connectivity index (χ2n) is 4.01. The molecule has 0 saturated heterocycles. The van der Waals surface area contributed by atoms with Crippen LogP contribution in [0.3, 0.4) is 0 Å². The zero-order valence-corrected chi connectivity index (χ0v) is 10.0. The highest BCUT2D eigenvalue weighted by molar-refractivity contribution is 4.86. The number of aryl methyl sites for hydroxylation is 1. The summed E-state index contributed by atoms with van der Waals surface area (Å²) >= 11 is 0. The molecule has 4 heteroatoms. The molecular weight excluding hydrogens is 188 g/mol. The zero-order valence-electron chi connectivity index (χ0n) is 10.0. The third-order valence-electron chi connectivity index (χ3n) is 2.45. The highest BCUT2D eigenvalue weighted by Crippen LogP contribution is 2.04. The Balaban J connectivity index is 2.33. The molecular formula is C11H22N4. The van der Waals surface area contributed by atoms with Crippen molar-refractivity contribution in [2.45, 2.75) is 40.2 Å². The van der Waals surface area contributed by atoms with Crippen LogP contribution in [0.25, 0.3) is 0 Å². The molecule has 1 rings (SSSR count). The van der Waals surface area contributed by atoms with E-state index >= 15 is 0 Å². The fraction of sp³-hybridized carbons (Fsp3) is 0.818. The minimum atomic E-state index is 0.617. The second-order valence-corrected chi connectivity index (χ2v) is 4.01. The molecule has 15 heavy (non-hydrogen) atoms. The van der Waals surface area contributed by atoms with Crippen LogP contribution in [-0.2, 0) is 13.0 Å². The van der Waals surface area contributed by atoms with Gasteiger partial charge < -0.3 is 5.32 Å². The van der Waals surface area contributed by atoms with E-state index in [1.165, 1.54) is 6.42 Å². The number of nitrogens with zero attached hydrogens (tertiary/aromatic N) is 3. The van der Waals surface area contributed by atoms with Gasteiger partial charge in [0.05, 0.1) is 0 Å². The van der Waals surface area contributed by atoms with Crippen LogP contribution in [-0.4, -0.2) is 27.9 Å². The number of hydrogen-bond acceptors (Lipinski definition) is 3. The van der Waals surface area contributed by atoms with E-state index in [2.05, 4.69) is 36.2 Å². The quantitative estimate of drug-likeness (QED) is 0.693. The monoisotopic (exact) mass is 210 g/mol. The standard InChI is InChI=1S/C11H22N4/c1-4-6-12-8-10(3)7-11-13-9-14-15(11)5-2/h9-10,12H,4-8H2,1-3H3. The van der Waals surface area contributed by atoms with Gasteiger partial charge in [-0.05, 0) is 32.4 Å². The Morgan fingerprint density at radius 1 is 1.47 bits per heavy atom. The molecule has 0 spiro atoms. The minimum absolute atomic E-state index is 0.617. The van der Waals surface area contributed by atoms with Crippen LogP contribution in [0.4, 0.5) is 0 Å². The van der Waals surface area contributed by atoms with E-state index in [-0.39, 0.29) is 0 Å². The average molecular weight is 210 g/mol. The van der Waals surface area contributed by atoms with Crippen LogP contribution in [0, 0.1) is 5.92 Å². The van der Waals surface area contributed by atoms with Crippen molar-refractivity contribution in [3.8, 4) is 0 Å². The van der Waals surface area contributed by atoms with Crippen LogP contribution >= 0.6 is 0 Å². The summed E-state index contributed by atoms with van der Waals surface area (Å²) < 4.78 is 1.97. The summed E-state index contributed by atoms with van der Waals surface area (Å²) in [6.45, 7) is 9.60. The Bertz CT molecular complexity index is 269. The Labute approximate surface area is 92.1 Å². The molecule has 1 heterocycles. The van der Waals surface area contributed by atoms with E-state index in [9.17, 15) is 0 Å². The molecule has 0 radical (unpaired) electrons. The van der Waals surface area contributed by atoms with Crippen molar-refractivity contribution >= 4 is 0 Å². The first-order valence-corrected chi connectivity index (χ1v) is 5.85. The highest BCUT2D eigenvalue weighted by Gasteiger charge is 2.08. The first-order chi connectivity index (χ1) is 7.27. The second kappa shape index (κ2) is 6.56. The molecule has 86 valence electrons. The lowest BCUT2D eigenvalue weighted by Gasteiger charge is -2.11. The Kier molecular flexibility index (Phi) is 5.32.